The van der Waals surface area contributed by atoms with Gasteiger partial charge in [-0.05, 0) is 24.3 Å². The number of nitrogens with two attached hydrogens (primary N) is 1. The molecule has 0 aliphatic rings. The molecule has 0 saturated heterocycles. The van der Waals surface area contributed by atoms with Gasteiger partial charge in [-0.25, -0.2) is 18.4 Å². The van der Waals surface area contributed by atoms with Crippen LogP contribution in [0, 0.1) is 0 Å². The molecule has 0 aliphatic heterocycles. The van der Waals surface area contributed by atoms with Crippen LogP contribution in [0.3, 0.4) is 0 Å². The molecule has 9 heteroatoms. The lowest BCUT2D eigenvalue weighted by Crippen LogP contribution is -2.00. The molecule has 8 nitrogen and oxygen atoms in total. The Hall–Kier alpha value is -3.59. The standard InChI is InChI=1S/C19H15N5O3S/c1-28(25,26)14-9-5-8-13(10-14)15-11-21-17(20)16(22-15)19-24-23-18(27-19)12-6-3-2-4-7-12/h2-11H,1H3,(H2,20,21). The molecule has 2 aromatic heterocycles. The third-order valence-electron chi connectivity index (χ3n) is 4.01. The molecule has 0 amide bonds. The van der Waals surface area contributed by atoms with Gasteiger partial charge in [0.2, 0.25) is 5.89 Å². The second-order valence-electron chi connectivity index (χ2n) is 6.07. The van der Waals surface area contributed by atoms with E-state index in [1.807, 2.05) is 30.3 Å². The summed E-state index contributed by atoms with van der Waals surface area (Å²) in [4.78, 5) is 8.80. The van der Waals surface area contributed by atoms with Crippen molar-refractivity contribution in [3.05, 3.63) is 60.8 Å². The smallest absolute Gasteiger partial charge is 0.270 e. The number of nitrogens with zero attached hydrogens (tertiary/aromatic N) is 4. The summed E-state index contributed by atoms with van der Waals surface area (Å²) in [5, 5.41) is 8.05. The molecule has 4 rings (SSSR count). The monoisotopic (exact) mass is 393 g/mol. The lowest BCUT2D eigenvalue weighted by molar-refractivity contribution is 0.582. The highest BCUT2D eigenvalue weighted by atomic mass is 32.2. The van der Waals surface area contributed by atoms with Gasteiger partial charge in [0.1, 0.15) is 0 Å². The Kier molecular flexibility index (Phi) is 4.36. The number of rotatable bonds is 4. The van der Waals surface area contributed by atoms with E-state index in [-0.39, 0.29) is 22.3 Å². The molecule has 4 aromatic rings. The van der Waals surface area contributed by atoms with Gasteiger partial charge in [-0.2, -0.15) is 0 Å². The highest BCUT2D eigenvalue weighted by molar-refractivity contribution is 7.90. The van der Waals surface area contributed by atoms with Crippen molar-refractivity contribution >= 4 is 15.7 Å². The Morgan fingerprint density at radius 2 is 1.64 bits per heavy atom. The van der Waals surface area contributed by atoms with Crippen LogP contribution in [0.25, 0.3) is 34.3 Å². The number of aromatic nitrogens is 4. The van der Waals surface area contributed by atoms with Gasteiger partial charge in [0.15, 0.2) is 21.3 Å². The zero-order chi connectivity index (χ0) is 19.7. The number of sulfone groups is 1. The molecular formula is C19H15N5O3S. The lowest BCUT2D eigenvalue weighted by atomic mass is 10.1. The van der Waals surface area contributed by atoms with E-state index in [1.54, 1.807) is 12.1 Å². The lowest BCUT2D eigenvalue weighted by Gasteiger charge is -2.06. The van der Waals surface area contributed by atoms with Crippen molar-refractivity contribution in [3.63, 3.8) is 0 Å². The first kappa shape index (κ1) is 17.8. The normalized spacial score (nSPS) is 11.5. The van der Waals surface area contributed by atoms with Crippen molar-refractivity contribution in [2.45, 2.75) is 4.90 Å². The predicted molar refractivity (Wildman–Crippen MR) is 104 cm³/mol. The Labute approximate surface area is 161 Å². The van der Waals surface area contributed by atoms with E-state index >= 15 is 0 Å². The van der Waals surface area contributed by atoms with Crippen molar-refractivity contribution in [3.8, 4) is 34.3 Å². The number of benzene rings is 2. The van der Waals surface area contributed by atoms with Crippen molar-refractivity contribution in [1.82, 2.24) is 20.2 Å². The van der Waals surface area contributed by atoms with Crippen molar-refractivity contribution in [2.24, 2.45) is 0 Å². The van der Waals surface area contributed by atoms with Crippen LogP contribution >= 0.6 is 0 Å². The molecule has 0 saturated carbocycles. The Bertz CT molecular complexity index is 1250. The summed E-state index contributed by atoms with van der Waals surface area (Å²) < 4.78 is 29.3. The van der Waals surface area contributed by atoms with Crippen LogP contribution < -0.4 is 5.73 Å². The summed E-state index contributed by atoms with van der Waals surface area (Å²) in [5.41, 5.74) is 7.97. The molecule has 0 bridgehead atoms. The largest absolute Gasteiger partial charge is 0.414 e. The fourth-order valence-electron chi connectivity index (χ4n) is 2.60. The number of hydrogen-bond acceptors (Lipinski definition) is 8. The minimum Gasteiger partial charge on any atom is -0.414 e. The van der Waals surface area contributed by atoms with Gasteiger partial charge in [0, 0.05) is 17.4 Å². The third-order valence-corrected chi connectivity index (χ3v) is 5.12. The molecule has 0 fully saturated rings. The van der Waals surface area contributed by atoms with E-state index in [2.05, 4.69) is 20.2 Å². The van der Waals surface area contributed by atoms with Crippen molar-refractivity contribution in [1.29, 1.82) is 0 Å². The first-order valence-corrected chi connectivity index (χ1v) is 10.1. The summed E-state index contributed by atoms with van der Waals surface area (Å²) >= 11 is 0. The van der Waals surface area contributed by atoms with Crippen molar-refractivity contribution < 1.29 is 12.8 Å². The molecule has 2 N–H and O–H groups in total. The van der Waals surface area contributed by atoms with Gasteiger partial charge in [-0.15, -0.1) is 10.2 Å². The summed E-state index contributed by atoms with van der Waals surface area (Å²) in [7, 11) is -3.34. The molecule has 0 spiro atoms. The fourth-order valence-corrected chi connectivity index (χ4v) is 3.26. The number of anilines is 1. The second kappa shape index (κ2) is 6.86. The van der Waals surface area contributed by atoms with Gasteiger partial charge in [0.25, 0.3) is 5.89 Å². The zero-order valence-corrected chi connectivity index (χ0v) is 15.6. The maximum absolute atomic E-state index is 11.8. The topological polar surface area (TPSA) is 125 Å². The van der Waals surface area contributed by atoms with Gasteiger partial charge in [-0.1, -0.05) is 30.3 Å². The number of hydrogen-bond donors (Lipinski definition) is 1. The van der Waals surface area contributed by atoms with E-state index in [1.165, 1.54) is 18.3 Å². The molecular weight excluding hydrogens is 378 g/mol. The summed E-state index contributed by atoms with van der Waals surface area (Å²) in [6, 6.07) is 15.7. The van der Waals surface area contributed by atoms with E-state index in [9.17, 15) is 8.42 Å². The molecule has 28 heavy (non-hydrogen) atoms. The summed E-state index contributed by atoms with van der Waals surface area (Å²) in [6.07, 6.45) is 2.62. The van der Waals surface area contributed by atoms with E-state index in [0.29, 0.717) is 17.1 Å². The molecule has 0 atom stereocenters. The second-order valence-corrected chi connectivity index (χ2v) is 8.08. The SMILES string of the molecule is CS(=O)(=O)c1cccc(-c2cnc(N)c(-c3nnc(-c4ccccc4)o3)n2)c1. The van der Waals surface area contributed by atoms with E-state index in [0.717, 1.165) is 11.8 Å². The highest BCUT2D eigenvalue weighted by Crippen LogP contribution is 2.28. The minimum absolute atomic E-state index is 0.130. The van der Waals surface area contributed by atoms with Gasteiger partial charge in [0.05, 0.1) is 16.8 Å². The van der Waals surface area contributed by atoms with Gasteiger partial charge < -0.3 is 10.2 Å². The molecule has 2 heterocycles. The zero-order valence-electron chi connectivity index (χ0n) is 14.8. The predicted octanol–water partition coefficient (Wildman–Crippen LogP) is 2.85. The third kappa shape index (κ3) is 3.47. The van der Waals surface area contributed by atoms with Crippen LogP contribution in [0.5, 0.6) is 0 Å². The first-order chi connectivity index (χ1) is 13.4. The average Bonchev–Trinajstić information content (AvgIpc) is 3.18. The maximum Gasteiger partial charge on any atom is 0.270 e. The van der Waals surface area contributed by atoms with Crippen LogP contribution in [-0.4, -0.2) is 34.8 Å². The molecule has 0 aliphatic carbocycles. The summed E-state index contributed by atoms with van der Waals surface area (Å²) in [6.45, 7) is 0. The van der Waals surface area contributed by atoms with E-state index in [4.69, 9.17) is 10.2 Å². The summed E-state index contributed by atoms with van der Waals surface area (Å²) in [5.74, 6) is 0.595. The van der Waals surface area contributed by atoms with Crippen LogP contribution in [0.15, 0.2) is 70.1 Å². The first-order valence-electron chi connectivity index (χ1n) is 8.24. The number of nitrogen functional groups attached to an aromatic ring is 1. The quantitative estimate of drug-likeness (QED) is 0.561. The van der Waals surface area contributed by atoms with Crippen LogP contribution in [0.1, 0.15) is 0 Å². The highest BCUT2D eigenvalue weighted by Gasteiger charge is 2.17. The van der Waals surface area contributed by atoms with Crippen LogP contribution in [0.2, 0.25) is 0 Å². The van der Waals surface area contributed by atoms with Gasteiger partial charge in [-0.3, -0.25) is 0 Å². The molecule has 0 radical (unpaired) electrons. The molecule has 0 unspecified atom stereocenters. The Morgan fingerprint density at radius 1 is 0.929 bits per heavy atom. The molecule has 2 aromatic carbocycles. The van der Waals surface area contributed by atoms with Crippen LogP contribution in [0.4, 0.5) is 5.82 Å². The Balaban J connectivity index is 1.76. The van der Waals surface area contributed by atoms with Crippen LogP contribution in [-0.2, 0) is 9.84 Å². The van der Waals surface area contributed by atoms with Crippen molar-refractivity contribution in [2.75, 3.05) is 12.0 Å². The van der Waals surface area contributed by atoms with Gasteiger partial charge >= 0.3 is 0 Å². The maximum atomic E-state index is 11.8. The van der Waals surface area contributed by atoms with E-state index < -0.39 is 9.84 Å². The Morgan fingerprint density at radius 3 is 2.39 bits per heavy atom. The average molecular weight is 393 g/mol. The minimum atomic E-state index is -3.34. The molecule has 140 valence electrons. The fraction of sp³-hybridized carbons (Fsp3) is 0.0526.